The zero-order valence-electron chi connectivity index (χ0n) is 21.3. The van der Waals surface area contributed by atoms with Crippen molar-refractivity contribution in [2.24, 2.45) is 5.92 Å². The molecule has 0 atom stereocenters. The molecule has 1 heterocycles. The van der Waals surface area contributed by atoms with E-state index in [1.165, 1.54) is 17.1 Å². The zero-order valence-corrected chi connectivity index (χ0v) is 22.9. The summed E-state index contributed by atoms with van der Waals surface area (Å²) >= 11 is 6.17. The second-order valence-electron chi connectivity index (χ2n) is 9.48. The molecule has 1 amide bonds. The summed E-state index contributed by atoms with van der Waals surface area (Å²) in [6.07, 6.45) is 4.20. The number of para-hydroxylation sites is 1. The molecule has 1 aliphatic rings. The maximum absolute atomic E-state index is 13.4. The molecule has 0 aromatic heterocycles. The van der Waals surface area contributed by atoms with Crippen LogP contribution < -0.4 is 9.62 Å². The van der Waals surface area contributed by atoms with Crippen molar-refractivity contribution < 1.29 is 13.2 Å². The number of sulfonamides is 1. The van der Waals surface area contributed by atoms with Gasteiger partial charge in [-0.15, -0.1) is 0 Å². The van der Waals surface area contributed by atoms with Gasteiger partial charge in [-0.05, 0) is 100.0 Å². The highest BCUT2D eigenvalue weighted by Crippen LogP contribution is 2.30. The largest absolute Gasteiger partial charge is 0.356 e. The molecule has 35 heavy (non-hydrogen) atoms. The number of halogens is 1. The second kappa shape index (κ2) is 12.2. The molecule has 0 bridgehead atoms. The van der Waals surface area contributed by atoms with Gasteiger partial charge in [0, 0.05) is 25.0 Å². The van der Waals surface area contributed by atoms with Gasteiger partial charge >= 0.3 is 0 Å². The fraction of sp³-hybridized carbons (Fsp3) is 0.519. The lowest BCUT2D eigenvalue weighted by Gasteiger charge is -2.31. The quantitative estimate of drug-likeness (QED) is 0.482. The summed E-state index contributed by atoms with van der Waals surface area (Å²) in [5.74, 6) is 0.679. The monoisotopic (exact) mass is 519 g/mol. The molecule has 0 saturated carbocycles. The Morgan fingerprint density at radius 1 is 1.14 bits per heavy atom. The van der Waals surface area contributed by atoms with Crippen LogP contribution in [0.4, 0.5) is 5.69 Å². The van der Waals surface area contributed by atoms with Crippen molar-refractivity contribution in [1.29, 1.82) is 0 Å². The van der Waals surface area contributed by atoms with Crippen LogP contribution in [0.1, 0.15) is 49.3 Å². The van der Waals surface area contributed by atoms with Crippen LogP contribution in [0.2, 0.25) is 5.02 Å². The first-order chi connectivity index (χ1) is 16.6. The van der Waals surface area contributed by atoms with E-state index in [4.69, 9.17) is 11.6 Å². The molecular weight excluding hydrogens is 482 g/mol. The van der Waals surface area contributed by atoms with Crippen LogP contribution >= 0.6 is 11.6 Å². The van der Waals surface area contributed by atoms with E-state index in [1.54, 1.807) is 39.1 Å². The van der Waals surface area contributed by atoms with Crippen LogP contribution in [0.3, 0.4) is 0 Å². The Hall–Kier alpha value is -2.09. The van der Waals surface area contributed by atoms with Crippen molar-refractivity contribution >= 4 is 33.2 Å². The number of hydrogen-bond acceptors (Lipinski definition) is 4. The predicted octanol–water partition coefficient (Wildman–Crippen LogP) is 4.95. The third kappa shape index (κ3) is 6.99. The highest BCUT2D eigenvalue weighted by molar-refractivity contribution is 7.92. The van der Waals surface area contributed by atoms with Crippen molar-refractivity contribution in [2.45, 2.75) is 57.8 Å². The van der Waals surface area contributed by atoms with Gasteiger partial charge in [0.2, 0.25) is 5.91 Å². The molecule has 0 radical (unpaired) electrons. The number of anilines is 1. The summed E-state index contributed by atoms with van der Waals surface area (Å²) in [6, 6.07) is 10.7. The first-order valence-corrected chi connectivity index (χ1v) is 14.3. The molecule has 1 N–H and O–H groups in total. The Bertz CT molecular complexity index is 1130. The second-order valence-corrected chi connectivity index (χ2v) is 11.8. The molecule has 0 aliphatic carbocycles. The van der Waals surface area contributed by atoms with Crippen LogP contribution in [-0.2, 0) is 21.2 Å². The number of carbonyl (C=O) groups is 1. The lowest BCUT2D eigenvalue weighted by atomic mass is 9.93. The highest BCUT2D eigenvalue weighted by atomic mass is 35.5. The summed E-state index contributed by atoms with van der Waals surface area (Å²) in [6.45, 7) is 9.85. The first kappa shape index (κ1) is 27.5. The Morgan fingerprint density at radius 2 is 1.83 bits per heavy atom. The van der Waals surface area contributed by atoms with E-state index < -0.39 is 10.0 Å². The van der Waals surface area contributed by atoms with Gasteiger partial charge in [0.1, 0.15) is 0 Å². The van der Waals surface area contributed by atoms with Gasteiger partial charge in [0.05, 0.1) is 10.6 Å². The predicted molar refractivity (Wildman–Crippen MR) is 144 cm³/mol. The maximum Gasteiger partial charge on any atom is 0.264 e. The van der Waals surface area contributed by atoms with Crippen LogP contribution in [0.15, 0.2) is 41.3 Å². The van der Waals surface area contributed by atoms with Crippen molar-refractivity contribution in [3.63, 3.8) is 0 Å². The van der Waals surface area contributed by atoms with E-state index in [9.17, 15) is 13.2 Å². The van der Waals surface area contributed by atoms with Gasteiger partial charge < -0.3 is 10.2 Å². The molecule has 0 unspecified atom stereocenters. The minimum atomic E-state index is -3.78. The number of piperidine rings is 1. The van der Waals surface area contributed by atoms with Gasteiger partial charge in [-0.2, -0.15) is 0 Å². The minimum absolute atomic E-state index is 0.000443. The molecule has 3 rings (SSSR count). The van der Waals surface area contributed by atoms with E-state index in [0.717, 1.165) is 31.6 Å². The summed E-state index contributed by atoms with van der Waals surface area (Å²) in [7, 11) is -2.23. The number of likely N-dealkylation sites (tertiary alicyclic amines) is 1. The average Bonchev–Trinajstić information content (AvgIpc) is 2.85. The standard InChI is InChI=1S/C27H38ClN3O3S/c1-5-31-16-13-22(14-17-31)12-15-29-27(32)11-10-23-8-6-7-9-25(23)30(4)35(33,34)26-19-20(2)24(28)18-21(26)3/h6-9,18-19,22H,5,10-17H2,1-4H3,(H,29,32). The van der Waals surface area contributed by atoms with Gasteiger partial charge in [-0.1, -0.05) is 36.7 Å². The van der Waals surface area contributed by atoms with Crippen LogP contribution in [0.5, 0.6) is 0 Å². The minimum Gasteiger partial charge on any atom is -0.356 e. The summed E-state index contributed by atoms with van der Waals surface area (Å²) in [5.41, 5.74) is 2.72. The maximum atomic E-state index is 13.4. The number of nitrogens with zero attached hydrogens (tertiary/aromatic N) is 2. The Labute approximate surface area is 215 Å². The summed E-state index contributed by atoms with van der Waals surface area (Å²) < 4.78 is 28.2. The third-order valence-corrected chi connectivity index (χ3v) is 9.40. The van der Waals surface area contributed by atoms with Crippen molar-refractivity contribution in [3.8, 4) is 0 Å². The smallest absolute Gasteiger partial charge is 0.264 e. The molecule has 2 aromatic rings. The first-order valence-electron chi connectivity index (χ1n) is 12.5. The molecule has 192 valence electrons. The summed E-state index contributed by atoms with van der Waals surface area (Å²) in [4.78, 5) is 15.2. The number of rotatable bonds is 10. The normalized spacial score (nSPS) is 15.2. The van der Waals surface area contributed by atoms with Crippen molar-refractivity contribution in [2.75, 3.05) is 37.5 Å². The molecule has 8 heteroatoms. The molecule has 6 nitrogen and oxygen atoms in total. The topological polar surface area (TPSA) is 69.7 Å². The van der Waals surface area contributed by atoms with Gasteiger partial charge in [0.25, 0.3) is 10.0 Å². The fourth-order valence-corrected chi connectivity index (χ4v) is 6.42. The van der Waals surface area contributed by atoms with Gasteiger partial charge in [-0.25, -0.2) is 8.42 Å². The lowest BCUT2D eigenvalue weighted by Crippen LogP contribution is -2.35. The highest BCUT2D eigenvalue weighted by Gasteiger charge is 2.26. The number of aryl methyl sites for hydroxylation is 3. The van der Waals surface area contributed by atoms with E-state index in [0.29, 0.717) is 47.1 Å². The van der Waals surface area contributed by atoms with E-state index in [1.807, 2.05) is 18.2 Å². The third-order valence-electron chi connectivity index (χ3n) is 7.08. The molecule has 1 fully saturated rings. The number of amides is 1. The number of carbonyl (C=O) groups excluding carboxylic acids is 1. The number of nitrogens with one attached hydrogen (secondary N) is 1. The van der Waals surface area contributed by atoms with Gasteiger partial charge in [0.15, 0.2) is 0 Å². The molecule has 2 aromatic carbocycles. The van der Waals surface area contributed by atoms with Crippen molar-refractivity contribution in [1.82, 2.24) is 10.2 Å². The number of hydrogen-bond donors (Lipinski definition) is 1. The molecule has 0 spiro atoms. The SMILES string of the molecule is CCN1CCC(CCNC(=O)CCc2ccccc2N(C)S(=O)(=O)c2cc(C)c(Cl)cc2C)CC1. The number of benzene rings is 2. The molecular formula is C27H38ClN3O3S. The van der Waals surface area contributed by atoms with E-state index in [-0.39, 0.29) is 10.8 Å². The van der Waals surface area contributed by atoms with Crippen molar-refractivity contribution in [3.05, 3.63) is 58.1 Å². The van der Waals surface area contributed by atoms with Crippen LogP contribution in [0.25, 0.3) is 0 Å². The lowest BCUT2D eigenvalue weighted by molar-refractivity contribution is -0.121. The fourth-order valence-electron chi connectivity index (χ4n) is 4.68. The Kier molecular flexibility index (Phi) is 9.62. The van der Waals surface area contributed by atoms with Gasteiger partial charge in [-0.3, -0.25) is 9.10 Å². The van der Waals surface area contributed by atoms with E-state index >= 15 is 0 Å². The molecule has 1 aliphatic heterocycles. The summed E-state index contributed by atoms with van der Waals surface area (Å²) in [5, 5.41) is 3.60. The van der Waals surface area contributed by atoms with Crippen LogP contribution in [-0.4, -0.2) is 52.5 Å². The van der Waals surface area contributed by atoms with E-state index in [2.05, 4.69) is 17.1 Å². The average molecular weight is 520 g/mol. The Morgan fingerprint density at radius 3 is 2.51 bits per heavy atom. The Balaban J connectivity index is 1.60. The van der Waals surface area contributed by atoms with Crippen LogP contribution in [0, 0.1) is 19.8 Å². The zero-order chi connectivity index (χ0) is 25.6. The molecule has 1 saturated heterocycles.